The van der Waals surface area contributed by atoms with E-state index in [-0.39, 0.29) is 0 Å². The van der Waals surface area contributed by atoms with E-state index in [1.807, 2.05) is 0 Å². The topological polar surface area (TPSA) is 24.6 Å². The van der Waals surface area contributed by atoms with Gasteiger partial charge >= 0.3 is 0 Å². The van der Waals surface area contributed by atoms with Crippen molar-refractivity contribution in [3.05, 3.63) is 0 Å². The van der Waals surface area contributed by atoms with Crippen molar-refractivity contribution in [2.75, 3.05) is 6.54 Å². The predicted molar refractivity (Wildman–Crippen MR) is 35.1 cm³/mol. The number of epoxide rings is 1. The molecule has 0 amide bonds. The first-order valence-corrected chi connectivity index (χ1v) is 3.86. The predicted octanol–water partition coefficient (Wildman–Crippen LogP) is 0.875. The van der Waals surface area contributed by atoms with Gasteiger partial charge in [-0.3, -0.25) is 5.32 Å². The monoisotopic (exact) mass is 127 g/mol. The normalized spacial score (nSPS) is 42.7. The van der Waals surface area contributed by atoms with Gasteiger partial charge < -0.3 is 4.74 Å². The van der Waals surface area contributed by atoms with Gasteiger partial charge in [-0.25, -0.2) is 0 Å². The van der Waals surface area contributed by atoms with Crippen LogP contribution in [0.1, 0.15) is 25.7 Å². The van der Waals surface area contributed by atoms with E-state index in [9.17, 15) is 0 Å². The van der Waals surface area contributed by atoms with Crippen LogP contribution in [0.25, 0.3) is 0 Å². The molecule has 2 saturated heterocycles. The van der Waals surface area contributed by atoms with Gasteiger partial charge in [0.25, 0.3) is 0 Å². The Hall–Kier alpha value is -0.0800. The first kappa shape index (κ1) is 5.69. The molecule has 2 unspecified atom stereocenters. The first-order valence-electron chi connectivity index (χ1n) is 3.86. The van der Waals surface area contributed by atoms with Gasteiger partial charge in [0.05, 0.1) is 6.10 Å². The van der Waals surface area contributed by atoms with Gasteiger partial charge in [-0.2, -0.15) is 0 Å². The molecule has 1 N–H and O–H groups in total. The molecule has 0 aromatic carbocycles. The van der Waals surface area contributed by atoms with E-state index >= 15 is 0 Å². The molecule has 2 aliphatic heterocycles. The summed E-state index contributed by atoms with van der Waals surface area (Å²) in [6.07, 6.45) is 6.35. The van der Waals surface area contributed by atoms with Crippen molar-refractivity contribution in [3.8, 4) is 0 Å². The highest BCUT2D eigenvalue weighted by molar-refractivity contribution is 4.83. The molecular weight excluding hydrogens is 114 g/mol. The van der Waals surface area contributed by atoms with Crippen LogP contribution in [0, 0.1) is 0 Å². The van der Waals surface area contributed by atoms with Crippen LogP contribution in [-0.4, -0.2) is 18.9 Å². The summed E-state index contributed by atoms with van der Waals surface area (Å²) in [5, 5.41) is 3.34. The third kappa shape index (κ3) is 1.25. The van der Waals surface area contributed by atoms with E-state index in [2.05, 4.69) is 5.32 Å². The van der Waals surface area contributed by atoms with Gasteiger partial charge in [0.2, 0.25) is 0 Å². The van der Waals surface area contributed by atoms with Gasteiger partial charge in [-0.15, -0.1) is 0 Å². The average molecular weight is 127 g/mol. The molecule has 2 heteroatoms. The Morgan fingerprint density at radius 2 is 2.22 bits per heavy atom. The van der Waals surface area contributed by atoms with Crippen molar-refractivity contribution >= 4 is 0 Å². The number of fused-ring (bicyclic) bond motifs is 1. The van der Waals surface area contributed by atoms with Crippen LogP contribution in [0.4, 0.5) is 0 Å². The Bertz CT molecular complexity index is 93.1. The Labute approximate surface area is 55.6 Å². The molecule has 0 bridgehead atoms. The lowest BCUT2D eigenvalue weighted by Gasteiger charge is -2.04. The smallest absolute Gasteiger partial charge is 0.135 e. The van der Waals surface area contributed by atoms with E-state index in [4.69, 9.17) is 4.74 Å². The van der Waals surface area contributed by atoms with Crippen LogP contribution < -0.4 is 5.32 Å². The van der Waals surface area contributed by atoms with E-state index in [1.54, 1.807) is 0 Å². The van der Waals surface area contributed by atoms with Crippen LogP contribution in [0.3, 0.4) is 0 Å². The molecule has 0 aromatic heterocycles. The Morgan fingerprint density at radius 3 is 3.22 bits per heavy atom. The van der Waals surface area contributed by atoms with Crippen molar-refractivity contribution in [1.82, 2.24) is 5.32 Å². The van der Waals surface area contributed by atoms with E-state index in [0.717, 1.165) is 6.54 Å². The standard InChI is InChI=1S/C7H13NO/c1-2-4-6-7(9-6)8-5-3-1/h6-8H,1-5H2. The Kier molecular flexibility index (Phi) is 1.44. The number of rotatable bonds is 0. The summed E-state index contributed by atoms with van der Waals surface area (Å²) in [7, 11) is 0. The molecule has 2 atom stereocenters. The summed E-state index contributed by atoms with van der Waals surface area (Å²) in [5.74, 6) is 0. The van der Waals surface area contributed by atoms with Crippen LogP contribution >= 0.6 is 0 Å². The molecule has 0 saturated carbocycles. The molecule has 0 radical (unpaired) electrons. The lowest BCUT2D eigenvalue weighted by molar-refractivity contribution is 0.345. The fraction of sp³-hybridized carbons (Fsp3) is 1.00. The van der Waals surface area contributed by atoms with Crippen molar-refractivity contribution in [2.24, 2.45) is 0 Å². The summed E-state index contributed by atoms with van der Waals surface area (Å²) < 4.78 is 5.33. The van der Waals surface area contributed by atoms with Crippen molar-refractivity contribution in [2.45, 2.75) is 38.0 Å². The molecule has 2 nitrogen and oxygen atoms in total. The molecule has 2 heterocycles. The minimum Gasteiger partial charge on any atom is -0.353 e. The molecule has 2 aliphatic rings. The maximum atomic E-state index is 5.33. The third-order valence-electron chi connectivity index (χ3n) is 2.09. The number of hydrogen-bond acceptors (Lipinski definition) is 2. The minimum atomic E-state index is 0.435. The van der Waals surface area contributed by atoms with Crippen molar-refractivity contribution in [3.63, 3.8) is 0 Å². The van der Waals surface area contributed by atoms with Crippen LogP contribution in [0.5, 0.6) is 0 Å². The molecular formula is C7H13NO. The molecule has 0 aromatic rings. The zero-order valence-electron chi connectivity index (χ0n) is 5.60. The summed E-state index contributed by atoms with van der Waals surface area (Å²) >= 11 is 0. The molecule has 0 spiro atoms. The van der Waals surface area contributed by atoms with Crippen LogP contribution in [-0.2, 0) is 4.74 Å². The van der Waals surface area contributed by atoms with E-state index in [0.29, 0.717) is 12.3 Å². The zero-order chi connectivity index (χ0) is 6.10. The van der Waals surface area contributed by atoms with Crippen LogP contribution in [0.2, 0.25) is 0 Å². The van der Waals surface area contributed by atoms with Gasteiger partial charge in [0, 0.05) is 0 Å². The summed E-state index contributed by atoms with van der Waals surface area (Å²) in [4.78, 5) is 0. The molecule has 2 rings (SSSR count). The van der Waals surface area contributed by atoms with Gasteiger partial charge in [0.1, 0.15) is 6.23 Å². The maximum Gasteiger partial charge on any atom is 0.135 e. The highest BCUT2D eigenvalue weighted by atomic mass is 16.6. The lowest BCUT2D eigenvalue weighted by atomic mass is 10.1. The minimum absolute atomic E-state index is 0.435. The largest absolute Gasteiger partial charge is 0.353 e. The van der Waals surface area contributed by atoms with Crippen LogP contribution in [0.15, 0.2) is 0 Å². The maximum absolute atomic E-state index is 5.33. The van der Waals surface area contributed by atoms with E-state index in [1.165, 1.54) is 25.7 Å². The number of nitrogens with one attached hydrogen (secondary N) is 1. The number of hydrogen-bond donors (Lipinski definition) is 1. The van der Waals surface area contributed by atoms with Gasteiger partial charge in [0.15, 0.2) is 0 Å². The molecule has 9 heavy (non-hydrogen) atoms. The second-order valence-corrected chi connectivity index (χ2v) is 2.90. The second kappa shape index (κ2) is 2.27. The van der Waals surface area contributed by atoms with Crippen molar-refractivity contribution in [1.29, 1.82) is 0 Å². The SMILES string of the molecule is C1CCNC2OC2CC1. The second-order valence-electron chi connectivity index (χ2n) is 2.90. The highest BCUT2D eigenvalue weighted by Gasteiger charge is 2.37. The average Bonchev–Trinajstić information content (AvgIpc) is 2.46. The van der Waals surface area contributed by atoms with E-state index < -0.39 is 0 Å². The quantitative estimate of drug-likeness (QED) is 0.488. The first-order chi connectivity index (χ1) is 4.47. The van der Waals surface area contributed by atoms with Crippen molar-refractivity contribution < 1.29 is 4.74 Å². The zero-order valence-corrected chi connectivity index (χ0v) is 5.60. The summed E-state index contributed by atoms with van der Waals surface area (Å²) in [6.45, 7) is 1.15. The molecule has 0 aliphatic carbocycles. The lowest BCUT2D eigenvalue weighted by Crippen LogP contribution is -2.22. The Morgan fingerprint density at radius 1 is 1.22 bits per heavy atom. The summed E-state index contributed by atoms with van der Waals surface area (Å²) in [6, 6.07) is 0. The fourth-order valence-corrected chi connectivity index (χ4v) is 1.43. The fourth-order valence-electron chi connectivity index (χ4n) is 1.43. The number of ether oxygens (including phenoxy) is 1. The molecule has 52 valence electrons. The van der Waals surface area contributed by atoms with Gasteiger partial charge in [-0.1, -0.05) is 12.8 Å². The molecule has 2 fully saturated rings. The summed E-state index contributed by atoms with van der Waals surface area (Å²) in [5.41, 5.74) is 0. The Balaban J connectivity index is 1.81. The van der Waals surface area contributed by atoms with Gasteiger partial charge in [-0.05, 0) is 19.4 Å². The third-order valence-corrected chi connectivity index (χ3v) is 2.09. The highest BCUT2D eigenvalue weighted by Crippen LogP contribution is 2.26.